The van der Waals surface area contributed by atoms with Gasteiger partial charge in [0.05, 0.1) is 34.1 Å². The first-order valence-corrected chi connectivity index (χ1v) is 11.3. The van der Waals surface area contributed by atoms with E-state index in [9.17, 15) is 4.79 Å². The van der Waals surface area contributed by atoms with Crippen molar-refractivity contribution < 1.29 is 23.7 Å². The summed E-state index contributed by atoms with van der Waals surface area (Å²) in [6.45, 7) is 2.14. The summed E-state index contributed by atoms with van der Waals surface area (Å²) in [5.41, 5.74) is 1.69. The fraction of sp³-hybridized carbons (Fsp3) is 0.333. The van der Waals surface area contributed by atoms with Crippen LogP contribution in [0.1, 0.15) is 25.3 Å². The fourth-order valence-corrected chi connectivity index (χ4v) is 4.29. The van der Waals surface area contributed by atoms with E-state index in [4.69, 9.17) is 18.9 Å². The topological polar surface area (TPSA) is 69.6 Å². The van der Waals surface area contributed by atoms with Crippen LogP contribution in [0.3, 0.4) is 0 Å². The largest absolute Gasteiger partial charge is 0.497 e. The molecular formula is C24H28N2O5S. The molecule has 1 heterocycles. The van der Waals surface area contributed by atoms with Gasteiger partial charge in [0.2, 0.25) is 0 Å². The van der Waals surface area contributed by atoms with Gasteiger partial charge in [-0.25, -0.2) is 4.99 Å². The Labute approximate surface area is 193 Å². The highest BCUT2D eigenvalue weighted by molar-refractivity contribution is 8.14. The third-order valence-corrected chi connectivity index (χ3v) is 5.92. The van der Waals surface area contributed by atoms with E-state index < -0.39 is 0 Å². The van der Waals surface area contributed by atoms with E-state index in [0.717, 1.165) is 18.6 Å². The lowest BCUT2D eigenvalue weighted by Gasteiger charge is -2.18. The van der Waals surface area contributed by atoms with Gasteiger partial charge in [-0.1, -0.05) is 31.2 Å². The number of ether oxygens (including phenoxy) is 4. The summed E-state index contributed by atoms with van der Waals surface area (Å²) in [4.78, 5) is 19.7. The normalized spacial score (nSPS) is 14.5. The van der Waals surface area contributed by atoms with Crippen LogP contribution in [0.25, 0.3) is 6.08 Å². The monoisotopic (exact) mass is 456 g/mol. The quantitative estimate of drug-likeness (QED) is 0.391. The summed E-state index contributed by atoms with van der Waals surface area (Å²) in [6, 6.07) is 10.9. The minimum atomic E-state index is -0.214. The number of carbonyl (C=O) groups excluding carboxylic acids is 1. The molecule has 2 aromatic carbocycles. The number of carbonyl (C=O) groups is 1. The second-order valence-corrected chi connectivity index (χ2v) is 7.98. The van der Waals surface area contributed by atoms with Gasteiger partial charge in [-0.15, -0.1) is 0 Å². The van der Waals surface area contributed by atoms with Crippen molar-refractivity contribution in [3.05, 3.63) is 47.7 Å². The number of rotatable bonds is 9. The Morgan fingerprint density at radius 3 is 2.34 bits per heavy atom. The van der Waals surface area contributed by atoms with E-state index in [1.165, 1.54) is 0 Å². The Morgan fingerprint density at radius 2 is 1.69 bits per heavy atom. The Kier molecular flexibility index (Phi) is 8.05. The minimum Gasteiger partial charge on any atom is -0.497 e. The molecule has 8 heteroatoms. The van der Waals surface area contributed by atoms with Crippen LogP contribution in [0.15, 0.2) is 47.1 Å². The number of hydrogen-bond acceptors (Lipinski definition) is 7. The molecule has 0 bridgehead atoms. The SMILES string of the molecule is CCCCSC1=NC(=Cc2cc(OC)c(OC)cc2OC)C(=O)N1c1cccc(OC)c1. The van der Waals surface area contributed by atoms with Gasteiger partial charge in [0, 0.05) is 23.4 Å². The lowest BCUT2D eigenvalue weighted by Crippen LogP contribution is -2.30. The molecule has 1 aliphatic heterocycles. The lowest BCUT2D eigenvalue weighted by atomic mass is 10.1. The number of anilines is 1. The molecule has 0 spiro atoms. The zero-order chi connectivity index (χ0) is 23.1. The Hall–Kier alpha value is -3.13. The third-order valence-electron chi connectivity index (χ3n) is 4.90. The van der Waals surface area contributed by atoms with Crippen molar-refractivity contribution in [2.45, 2.75) is 19.8 Å². The van der Waals surface area contributed by atoms with Crippen LogP contribution >= 0.6 is 11.8 Å². The van der Waals surface area contributed by atoms with Gasteiger partial charge in [-0.2, -0.15) is 0 Å². The van der Waals surface area contributed by atoms with Crippen LogP contribution in [-0.2, 0) is 4.79 Å². The van der Waals surface area contributed by atoms with Crippen LogP contribution in [-0.4, -0.2) is 45.3 Å². The third kappa shape index (κ3) is 5.02. The molecule has 0 N–H and O–H groups in total. The summed E-state index contributed by atoms with van der Waals surface area (Å²) in [5, 5.41) is 0.641. The molecule has 3 rings (SSSR count). The first-order chi connectivity index (χ1) is 15.6. The van der Waals surface area contributed by atoms with Crippen molar-refractivity contribution in [3.63, 3.8) is 0 Å². The maximum Gasteiger partial charge on any atom is 0.283 e. The highest BCUT2D eigenvalue weighted by Crippen LogP contribution is 2.37. The fourth-order valence-electron chi connectivity index (χ4n) is 3.19. The van der Waals surface area contributed by atoms with Crippen molar-refractivity contribution in [2.24, 2.45) is 4.99 Å². The van der Waals surface area contributed by atoms with Crippen molar-refractivity contribution in [3.8, 4) is 23.0 Å². The van der Waals surface area contributed by atoms with Crippen molar-refractivity contribution >= 4 is 34.6 Å². The van der Waals surface area contributed by atoms with Crippen molar-refractivity contribution in [2.75, 3.05) is 39.1 Å². The number of hydrogen-bond donors (Lipinski definition) is 0. The molecule has 1 amide bonds. The van der Waals surface area contributed by atoms with Gasteiger partial charge in [0.25, 0.3) is 5.91 Å². The van der Waals surface area contributed by atoms with Gasteiger partial charge in [0.15, 0.2) is 16.7 Å². The van der Waals surface area contributed by atoms with Crippen LogP contribution in [0.5, 0.6) is 23.0 Å². The molecular weight excluding hydrogens is 428 g/mol. The smallest absolute Gasteiger partial charge is 0.283 e. The Morgan fingerprint density at radius 1 is 0.969 bits per heavy atom. The average Bonchev–Trinajstić information content (AvgIpc) is 3.13. The summed E-state index contributed by atoms with van der Waals surface area (Å²) >= 11 is 1.56. The Balaban J connectivity index is 2.04. The molecule has 0 saturated heterocycles. The first kappa shape index (κ1) is 23.5. The first-order valence-electron chi connectivity index (χ1n) is 10.3. The van der Waals surface area contributed by atoms with Crippen molar-refractivity contribution in [1.82, 2.24) is 0 Å². The van der Waals surface area contributed by atoms with Crippen molar-refractivity contribution in [1.29, 1.82) is 0 Å². The molecule has 0 radical (unpaired) electrons. The Bertz CT molecular complexity index is 1040. The predicted molar refractivity (Wildman–Crippen MR) is 129 cm³/mol. The molecule has 0 saturated carbocycles. The number of methoxy groups -OCH3 is 4. The van der Waals surface area contributed by atoms with Gasteiger partial charge in [-0.3, -0.25) is 9.69 Å². The molecule has 0 fully saturated rings. The maximum atomic E-state index is 13.4. The summed E-state index contributed by atoms with van der Waals surface area (Å²) in [5.74, 6) is 2.97. The zero-order valence-electron chi connectivity index (χ0n) is 19.0. The second-order valence-electron chi connectivity index (χ2n) is 6.92. The van der Waals surface area contributed by atoms with E-state index in [1.807, 2.05) is 24.3 Å². The van der Waals surface area contributed by atoms with Gasteiger partial charge in [-0.05, 0) is 30.7 Å². The summed E-state index contributed by atoms with van der Waals surface area (Å²) in [7, 11) is 6.29. The maximum absolute atomic E-state index is 13.4. The van der Waals surface area contributed by atoms with E-state index in [1.54, 1.807) is 63.3 Å². The molecule has 2 aromatic rings. The molecule has 0 atom stereocenters. The summed E-state index contributed by atoms with van der Waals surface area (Å²) < 4.78 is 21.6. The number of unbranched alkanes of at least 4 members (excludes halogenated alkanes) is 1. The predicted octanol–water partition coefficient (Wildman–Crippen LogP) is 5.00. The highest BCUT2D eigenvalue weighted by atomic mass is 32.2. The molecule has 170 valence electrons. The highest BCUT2D eigenvalue weighted by Gasteiger charge is 2.32. The average molecular weight is 457 g/mol. The molecule has 0 unspecified atom stereocenters. The molecule has 0 aliphatic carbocycles. The van der Waals surface area contributed by atoms with Crippen LogP contribution in [0, 0.1) is 0 Å². The van der Waals surface area contributed by atoms with E-state index in [0.29, 0.717) is 45.1 Å². The minimum absolute atomic E-state index is 0.214. The van der Waals surface area contributed by atoms with Crippen LogP contribution in [0.4, 0.5) is 5.69 Å². The lowest BCUT2D eigenvalue weighted by molar-refractivity contribution is -0.113. The van der Waals surface area contributed by atoms with Crippen LogP contribution in [0.2, 0.25) is 0 Å². The van der Waals surface area contributed by atoms with Crippen LogP contribution < -0.4 is 23.8 Å². The number of thioether (sulfide) groups is 1. The number of aliphatic imine (C=N–C) groups is 1. The molecule has 1 aliphatic rings. The summed E-state index contributed by atoms with van der Waals surface area (Å²) in [6.07, 6.45) is 3.81. The van der Waals surface area contributed by atoms with E-state index >= 15 is 0 Å². The van der Waals surface area contributed by atoms with Gasteiger partial charge in [0.1, 0.15) is 17.2 Å². The van der Waals surface area contributed by atoms with Gasteiger partial charge < -0.3 is 18.9 Å². The van der Waals surface area contributed by atoms with E-state index in [-0.39, 0.29) is 5.91 Å². The molecule has 7 nitrogen and oxygen atoms in total. The number of benzene rings is 2. The number of amidine groups is 1. The van der Waals surface area contributed by atoms with E-state index in [2.05, 4.69) is 11.9 Å². The number of amides is 1. The molecule has 0 aromatic heterocycles. The second kappa shape index (κ2) is 10.9. The standard InChI is InChI=1S/C24H28N2O5S/c1-6-7-11-32-24-25-19(23(27)26(24)17-9-8-10-18(14-17)28-2)12-16-13-21(30-4)22(31-5)15-20(16)29-3/h8-10,12-15H,6-7,11H2,1-5H3. The number of nitrogens with zero attached hydrogens (tertiary/aromatic N) is 2. The van der Waals surface area contributed by atoms with Gasteiger partial charge >= 0.3 is 0 Å². The molecule has 32 heavy (non-hydrogen) atoms. The zero-order valence-corrected chi connectivity index (χ0v) is 19.8.